The van der Waals surface area contributed by atoms with Crippen LogP contribution >= 0.6 is 34.7 Å². The van der Waals surface area contributed by atoms with Crippen molar-refractivity contribution < 1.29 is 9.53 Å². The highest BCUT2D eigenvalue weighted by atomic mass is 35.5. The second kappa shape index (κ2) is 9.28. The highest BCUT2D eigenvalue weighted by Gasteiger charge is 2.28. The summed E-state index contributed by atoms with van der Waals surface area (Å²) < 4.78 is 7.59. The number of thioether (sulfide) groups is 1. The Morgan fingerprint density at radius 2 is 2.16 bits per heavy atom. The van der Waals surface area contributed by atoms with E-state index in [1.54, 1.807) is 34.9 Å². The van der Waals surface area contributed by atoms with E-state index in [-0.39, 0.29) is 23.2 Å². The third kappa shape index (κ3) is 4.51. The lowest BCUT2D eigenvalue weighted by atomic mass is 9.96. The van der Waals surface area contributed by atoms with E-state index in [4.69, 9.17) is 21.3 Å². The van der Waals surface area contributed by atoms with Crippen LogP contribution in [0.4, 0.5) is 0 Å². The van der Waals surface area contributed by atoms with E-state index in [0.717, 1.165) is 16.9 Å². The maximum Gasteiger partial charge on any atom is 0.263 e. The van der Waals surface area contributed by atoms with Gasteiger partial charge in [0.1, 0.15) is 4.83 Å². The van der Waals surface area contributed by atoms with Crippen LogP contribution in [0, 0.1) is 5.92 Å². The van der Waals surface area contributed by atoms with Crippen molar-refractivity contribution in [3.05, 3.63) is 68.3 Å². The Balaban J connectivity index is 1.68. The van der Waals surface area contributed by atoms with Crippen LogP contribution in [0.3, 0.4) is 0 Å². The quantitative estimate of drug-likeness (QED) is 0.199. The second-order valence-corrected chi connectivity index (χ2v) is 10.3. The van der Waals surface area contributed by atoms with Crippen LogP contribution in [0.25, 0.3) is 10.2 Å². The molecular formula is C23H23ClN2O3S2. The molecule has 0 aliphatic carbocycles. The normalized spacial score (nSPS) is 15.9. The van der Waals surface area contributed by atoms with E-state index >= 15 is 0 Å². The molecule has 0 saturated heterocycles. The molecule has 0 fully saturated rings. The molecule has 1 aliphatic heterocycles. The topological polar surface area (TPSA) is 61.2 Å². The number of Topliss-reactive ketones (excluding diaryl/α,β-unsaturated/α-hetero) is 1. The minimum absolute atomic E-state index is 0.0418. The van der Waals surface area contributed by atoms with Gasteiger partial charge in [-0.2, -0.15) is 0 Å². The number of halogens is 1. The Bertz CT molecular complexity index is 1200. The first-order valence-corrected chi connectivity index (χ1v) is 12.3. The summed E-state index contributed by atoms with van der Waals surface area (Å²) in [6, 6.07) is 6.80. The number of allylic oxidation sites excluding steroid dienone is 1. The lowest BCUT2D eigenvalue weighted by Gasteiger charge is -2.26. The molecule has 0 bridgehead atoms. The largest absolute Gasteiger partial charge is 0.372 e. The first-order chi connectivity index (χ1) is 14.9. The van der Waals surface area contributed by atoms with E-state index in [2.05, 4.69) is 20.4 Å². The number of ketones is 1. The van der Waals surface area contributed by atoms with Crippen molar-refractivity contribution in [1.29, 1.82) is 0 Å². The van der Waals surface area contributed by atoms with E-state index in [1.165, 1.54) is 23.1 Å². The lowest BCUT2D eigenvalue weighted by molar-refractivity contribution is 0.00200. The van der Waals surface area contributed by atoms with Gasteiger partial charge in [0.15, 0.2) is 10.9 Å². The number of thiophene rings is 1. The number of carbonyl (C=O) groups excluding carboxylic acids is 1. The molecule has 162 valence electrons. The minimum atomic E-state index is -0.0757. The third-order valence-corrected chi connectivity index (χ3v) is 7.67. The van der Waals surface area contributed by atoms with Gasteiger partial charge in [0.2, 0.25) is 0 Å². The number of hydrogen-bond acceptors (Lipinski definition) is 6. The molecule has 0 amide bonds. The smallest absolute Gasteiger partial charge is 0.263 e. The summed E-state index contributed by atoms with van der Waals surface area (Å²) in [6.45, 7) is 8.90. The molecule has 31 heavy (non-hydrogen) atoms. The fourth-order valence-corrected chi connectivity index (χ4v) is 5.81. The summed E-state index contributed by atoms with van der Waals surface area (Å²) in [4.78, 5) is 32.6. The maximum atomic E-state index is 13.4. The molecule has 8 heteroatoms. The summed E-state index contributed by atoms with van der Waals surface area (Å²) in [6.07, 6.45) is 2.50. The fourth-order valence-electron chi connectivity index (χ4n) is 3.62. The number of nitrogens with zero attached hydrogens (tertiary/aromatic N) is 2. The van der Waals surface area contributed by atoms with Crippen molar-refractivity contribution in [2.75, 3.05) is 5.75 Å². The summed E-state index contributed by atoms with van der Waals surface area (Å²) >= 11 is 8.69. The number of aromatic nitrogens is 2. The highest BCUT2D eigenvalue weighted by Crippen LogP contribution is 2.36. The van der Waals surface area contributed by atoms with E-state index in [0.29, 0.717) is 45.0 Å². The number of ether oxygens (including phenoxy) is 1. The molecule has 0 saturated carbocycles. The van der Waals surface area contributed by atoms with Crippen LogP contribution < -0.4 is 5.56 Å². The van der Waals surface area contributed by atoms with Crippen LogP contribution in [0.2, 0.25) is 5.02 Å². The first-order valence-electron chi connectivity index (χ1n) is 10.1. The van der Waals surface area contributed by atoms with Crippen LogP contribution in [0.1, 0.15) is 34.6 Å². The van der Waals surface area contributed by atoms with Gasteiger partial charge < -0.3 is 4.74 Å². The number of benzene rings is 1. The van der Waals surface area contributed by atoms with Crippen molar-refractivity contribution in [2.45, 2.75) is 44.7 Å². The van der Waals surface area contributed by atoms with Gasteiger partial charge >= 0.3 is 0 Å². The number of carbonyl (C=O) groups is 1. The third-order valence-electron chi connectivity index (χ3n) is 5.35. The van der Waals surface area contributed by atoms with Crippen LogP contribution in [-0.2, 0) is 24.3 Å². The zero-order chi connectivity index (χ0) is 22.1. The average Bonchev–Trinajstić information content (AvgIpc) is 3.12. The number of rotatable bonds is 7. The summed E-state index contributed by atoms with van der Waals surface area (Å²) in [5.74, 6) is 0.514. The Labute approximate surface area is 194 Å². The number of fused-ring (bicyclic) bond motifs is 3. The van der Waals surface area contributed by atoms with Crippen LogP contribution in [0.15, 0.2) is 46.9 Å². The second-order valence-electron chi connectivity index (χ2n) is 7.80. The molecule has 0 spiro atoms. The fraction of sp³-hybridized carbons (Fsp3) is 0.348. The van der Waals surface area contributed by atoms with Crippen LogP contribution in [-0.4, -0.2) is 27.2 Å². The molecule has 1 aromatic carbocycles. The zero-order valence-electron chi connectivity index (χ0n) is 17.4. The van der Waals surface area contributed by atoms with Crippen molar-refractivity contribution in [1.82, 2.24) is 9.55 Å². The molecule has 0 unspecified atom stereocenters. The van der Waals surface area contributed by atoms with Crippen LogP contribution in [0.5, 0.6) is 0 Å². The Morgan fingerprint density at radius 3 is 2.84 bits per heavy atom. The van der Waals surface area contributed by atoms with Gasteiger partial charge in [-0.05, 0) is 35.7 Å². The van der Waals surface area contributed by atoms with Gasteiger partial charge in [0.05, 0.1) is 23.8 Å². The van der Waals surface area contributed by atoms with E-state index in [1.807, 2.05) is 0 Å². The molecule has 0 radical (unpaired) electrons. The monoisotopic (exact) mass is 474 g/mol. The Morgan fingerprint density at radius 1 is 1.42 bits per heavy atom. The van der Waals surface area contributed by atoms with Crippen molar-refractivity contribution >= 4 is 50.7 Å². The molecule has 1 aliphatic rings. The lowest BCUT2D eigenvalue weighted by Crippen LogP contribution is -2.28. The molecule has 4 rings (SSSR count). The zero-order valence-corrected chi connectivity index (χ0v) is 19.8. The summed E-state index contributed by atoms with van der Waals surface area (Å²) in [5.41, 5.74) is 1.57. The molecule has 0 N–H and O–H groups in total. The van der Waals surface area contributed by atoms with Crippen molar-refractivity contribution in [3.8, 4) is 0 Å². The Kier molecular flexibility index (Phi) is 6.67. The predicted octanol–water partition coefficient (Wildman–Crippen LogP) is 5.37. The van der Waals surface area contributed by atoms with Gasteiger partial charge in [-0.15, -0.1) is 17.9 Å². The SMILES string of the molecule is C=CCn1c(SCC(=O)c2ccc(Cl)cc2)nc2sc3c(c2c1=O)C[C@H](C(C)C)OC3. The molecule has 3 aromatic rings. The van der Waals surface area contributed by atoms with Gasteiger partial charge in [-0.3, -0.25) is 14.2 Å². The first kappa shape index (κ1) is 22.3. The van der Waals surface area contributed by atoms with E-state index < -0.39 is 0 Å². The average molecular weight is 475 g/mol. The molecular weight excluding hydrogens is 452 g/mol. The molecule has 2 aromatic heterocycles. The van der Waals surface area contributed by atoms with Gasteiger partial charge in [-0.25, -0.2) is 4.98 Å². The van der Waals surface area contributed by atoms with E-state index in [9.17, 15) is 9.59 Å². The van der Waals surface area contributed by atoms with Gasteiger partial charge in [0, 0.05) is 28.4 Å². The summed E-state index contributed by atoms with van der Waals surface area (Å²) in [5, 5.41) is 1.80. The highest BCUT2D eigenvalue weighted by molar-refractivity contribution is 7.99. The standard InChI is InChI=1S/C23H23ClN2O3S2/c1-4-9-26-22(28)20-16-10-18(13(2)3)29-11-19(16)31-21(20)25-23(26)30-12-17(27)14-5-7-15(24)8-6-14/h4-8,13,18H,1,9-12H2,2-3H3/t18-/m1/s1. The molecule has 1 atom stereocenters. The van der Waals surface area contributed by atoms with Crippen molar-refractivity contribution in [2.24, 2.45) is 5.92 Å². The van der Waals surface area contributed by atoms with Gasteiger partial charge in [0.25, 0.3) is 5.56 Å². The molecule has 3 heterocycles. The van der Waals surface area contributed by atoms with Crippen molar-refractivity contribution in [3.63, 3.8) is 0 Å². The van der Waals surface area contributed by atoms with Gasteiger partial charge in [-0.1, -0.05) is 43.3 Å². The minimum Gasteiger partial charge on any atom is -0.372 e. The maximum absolute atomic E-state index is 13.4. The Hall–Kier alpha value is -1.93. The predicted molar refractivity (Wildman–Crippen MR) is 128 cm³/mol. The summed E-state index contributed by atoms with van der Waals surface area (Å²) in [7, 11) is 0. The number of hydrogen-bond donors (Lipinski definition) is 0. The molecule has 5 nitrogen and oxygen atoms in total.